The Morgan fingerprint density at radius 3 is 2.44 bits per heavy atom. The summed E-state index contributed by atoms with van der Waals surface area (Å²) in [7, 11) is 0. The molecule has 0 saturated heterocycles. The van der Waals surface area contributed by atoms with Gasteiger partial charge in [-0.2, -0.15) is 5.26 Å². The number of nitriles is 1. The molecule has 0 bridgehead atoms. The zero-order valence-electron chi connectivity index (χ0n) is 18.1. The molecule has 0 spiro atoms. The van der Waals surface area contributed by atoms with Crippen LogP contribution in [0.15, 0.2) is 0 Å². The van der Waals surface area contributed by atoms with E-state index >= 15 is 0 Å². The molecule has 0 unspecified atom stereocenters. The van der Waals surface area contributed by atoms with Gasteiger partial charge in [0, 0.05) is 6.42 Å². The van der Waals surface area contributed by atoms with Crippen molar-refractivity contribution in [3.8, 4) is 6.07 Å². The van der Waals surface area contributed by atoms with Crippen molar-refractivity contribution in [2.24, 2.45) is 52.3 Å². The number of fused-ring (bicyclic) bond motifs is 5. The van der Waals surface area contributed by atoms with Gasteiger partial charge in [0.15, 0.2) is 0 Å². The van der Waals surface area contributed by atoms with Crippen molar-refractivity contribution < 1.29 is 5.11 Å². The predicted octanol–water partition coefficient (Wildman–Crippen LogP) is 6.19. The summed E-state index contributed by atoms with van der Waals surface area (Å²) in [4.78, 5) is 0. The average Bonchev–Trinajstić information content (AvgIpc) is 3.00. The van der Waals surface area contributed by atoms with Crippen LogP contribution in [0.25, 0.3) is 0 Å². The SMILES string of the molecule is CC[C@H]1[C@@H](O)[C@@H]2[C@H](CC[C@]3(C)[C@@H]([C@H](C)CC#N)CC[C@@H]23)[C@@]2(C)CCCC[C@@H]12. The van der Waals surface area contributed by atoms with Gasteiger partial charge in [-0.25, -0.2) is 0 Å². The zero-order chi connectivity index (χ0) is 19.4. The van der Waals surface area contributed by atoms with Gasteiger partial charge in [-0.05, 0) is 90.8 Å². The minimum absolute atomic E-state index is 0.0918. The molecule has 0 radical (unpaired) electrons. The first-order valence-electron chi connectivity index (χ1n) is 11.9. The molecule has 27 heavy (non-hydrogen) atoms. The molecular formula is C25H41NO. The maximum atomic E-state index is 11.7. The van der Waals surface area contributed by atoms with Crippen molar-refractivity contribution in [3.63, 3.8) is 0 Å². The monoisotopic (exact) mass is 371 g/mol. The third-order valence-electron chi connectivity index (χ3n) is 10.5. The summed E-state index contributed by atoms with van der Waals surface area (Å²) in [6.07, 6.45) is 12.4. The topological polar surface area (TPSA) is 44.0 Å². The molecule has 0 aromatic rings. The Morgan fingerprint density at radius 2 is 1.74 bits per heavy atom. The van der Waals surface area contributed by atoms with E-state index < -0.39 is 0 Å². The highest BCUT2D eigenvalue weighted by Gasteiger charge is 2.64. The summed E-state index contributed by atoms with van der Waals surface area (Å²) in [6, 6.07) is 2.43. The molecular weight excluding hydrogens is 330 g/mol. The fourth-order valence-electron chi connectivity index (χ4n) is 9.30. The van der Waals surface area contributed by atoms with E-state index in [1.54, 1.807) is 0 Å². The maximum absolute atomic E-state index is 11.7. The van der Waals surface area contributed by atoms with E-state index in [1.807, 2.05) is 0 Å². The van der Waals surface area contributed by atoms with Crippen LogP contribution in [0.3, 0.4) is 0 Å². The normalized spacial score (nSPS) is 53.0. The number of rotatable bonds is 3. The van der Waals surface area contributed by atoms with Gasteiger partial charge in [0.2, 0.25) is 0 Å². The van der Waals surface area contributed by atoms with Crippen LogP contribution in [0.5, 0.6) is 0 Å². The van der Waals surface area contributed by atoms with Crippen molar-refractivity contribution in [2.45, 2.75) is 98.0 Å². The van der Waals surface area contributed by atoms with Crippen LogP contribution in [0.4, 0.5) is 0 Å². The first-order chi connectivity index (χ1) is 12.9. The van der Waals surface area contributed by atoms with Gasteiger partial charge in [-0.15, -0.1) is 0 Å². The Morgan fingerprint density at radius 1 is 1.00 bits per heavy atom. The van der Waals surface area contributed by atoms with Crippen LogP contribution >= 0.6 is 0 Å². The second-order valence-electron chi connectivity index (χ2n) is 11.3. The average molecular weight is 372 g/mol. The lowest BCUT2D eigenvalue weighted by atomic mass is 9.41. The van der Waals surface area contributed by atoms with Crippen LogP contribution in [-0.4, -0.2) is 11.2 Å². The van der Waals surface area contributed by atoms with Crippen molar-refractivity contribution in [3.05, 3.63) is 0 Å². The standard InChI is InChI=1S/C25H41NO/c1-5-17-19-8-6-7-13-24(19,3)21-11-14-25(4)18(16(2)12-15-26)9-10-20(25)22(21)23(17)27/h16-23,27H,5-14H2,1-4H3/t16-,17-,18-,19+,20+,21+,22+,23-,24+,25-/m1/s1. The van der Waals surface area contributed by atoms with E-state index in [-0.39, 0.29) is 6.10 Å². The molecule has 4 fully saturated rings. The molecule has 4 saturated carbocycles. The molecule has 10 atom stereocenters. The Hall–Kier alpha value is -0.550. The van der Waals surface area contributed by atoms with Crippen molar-refractivity contribution in [1.82, 2.24) is 0 Å². The van der Waals surface area contributed by atoms with E-state index in [9.17, 15) is 10.4 Å². The fraction of sp³-hybridized carbons (Fsp3) is 0.960. The molecule has 0 aromatic carbocycles. The van der Waals surface area contributed by atoms with E-state index in [4.69, 9.17) is 0 Å². The summed E-state index contributed by atoms with van der Waals surface area (Å²) >= 11 is 0. The number of aliphatic hydroxyl groups is 1. The lowest BCUT2D eigenvalue weighted by molar-refractivity contribution is -0.194. The highest BCUT2D eigenvalue weighted by molar-refractivity contribution is 5.13. The minimum atomic E-state index is -0.0918. The second kappa shape index (κ2) is 7.05. The lowest BCUT2D eigenvalue weighted by Gasteiger charge is -2.64. The van der Waals surface area contributed by atoms with Gasteiger partial charge in [0.1, 0.15) is 0 Å². The van der Waals surface area contributed by atoms with E-state index in [2.05, 4.69) is 33.8 Å². The van der Waals surface area contributed by atoms with Gasteiger partial charge in [0.25, 0.3) is 0 Å². The van der Waals surface area contributed by atoms with Crippen LogP contribution in [0.1, 0.15) is 91.9 Å². The Bertz CT molecular complexity index is 596. The number of hydrogen-bond donors (Lipinski definition) is 1. The first kappa shape index (κ1) is 19.8. The summed E-state index contributed by atoms with van der Waals surface area (Å²) in [5, 5.41) is 20.9. The third kappa shape index (κ3) is 2.74. The van der Waals surface area contributed by atoms with Crippen molar-refractivity contribution in [1.29, 1.82) is 5.26 Å². The van der Waals surface area contributed by atoms with Crippen LogP contribution < -0.4 is 0 Å². The molecule has 0 aromatic heterocycles. The van der Waals surface area contributed by atoms with Crippen LogP contribution in [0, 0.1) is 63.6 Å². The number of aliphatic hydroxyl groups excluding tert-OH is 1. The first-order valence-corrected chi connectivity index (χ1v) is 11.9. The second-order valence-corrected chi connectivity index (χ2v) is 11.3. The molecule has 4 aliphatic rings. The number of hydrogen-bond acceptors (Lipinski definition) is 2. The largest absolute Gasteiger partial charge is 0.393 e. The zero-order valence-corrected chi connectivity index (χ0v) is 18.1. The molecule has 4 aliphatic carbocycles. The summed E-state index contributed by atoms with van der Waals surface area (Å²) in [6.45, 7) is 9.76. The lowest BCUT2D eigenvalue weighted by Crippen LogP contribution is -2.61. The van der Waals surface area contributed by atoms with Gasteiger partial charge in [0.05, 0.1) is 12.2 Å². The molecule has 2 heteroatoms. The van der Waals surface area contributed by atoms with Crippen molar-refractivity contribution in [2.75, 3.05) is 0 Å². The molecule has 2 nitrogen and oxygen atoms in total. The highest BCUT2D eigenvalue weighted by atomic mass is 16.3. The number of nitrogens with zero attached hydrogens (tertiary/aromatic N) is 1. The molecule has 0 amide bonds. The van der Waals surface area contributed by atoms with Crippen molar-refractivity contribution >= 4 is 0 Å². The third-order valence-corrected chi connectivity index (χ3v) is 10.5. The van der Waals surface area contributed by atoms with Gasteiger partial charge in [-0.1, -0.05) is 47.0 Å². The maximum Gasteiger partial charge on any atom is 0.0624 e. The molecule has 0 heterocycles. The summed E-state index contributed by atoms with van der Waals surface area (Å²) in [5.41, 5.74) is 0.801. The molecule has 4 rings (SSSR count). The van der Waals surface area contributed by atoms with Gasteiger partial charge < -0.3 is 5.11 Å². The smallest absolute Gasteiger partial charge is 0.0624 e. The predicted molar refractivity (Wildman–Crippen MR) is 110 cm³/mol. The van der Waals surface area contributed by atoms with E-state index in [0.717, 1.165) is 18.3 Å². The van der Waals surface area contributed by atoms with Gasteiger partial charge in [-0.3, -0.25) is 0 Å². The highest BCUT2D eigenvalue weighted by Crippen LogP contribution is 2.69. The molecule has 152 valence electrons. The Labute approximate surface area is 167 Å². The Kier molecular flexibility index (Phi) is 5.16. The van der Waals surface area contributed by atoms with Gasteiger partial charge >= 0.3 is 0 Å². The van der Waals surface area contributed by atoms with E-state index in [1.165, 1.54) is 51.4 Å². The molecule has 0 aliphatic heterocycles. The minimum Gasteiger partial charge on any atom is -0.393 e. The fourth-order valence-corrected chi connectivity index (χ4v) is 9.30. The van der Waals surface area contributed by atoms with Crippen LogP contribution in [-0.2, 0) is 0 Å². The van der Waals surface area contributed by atoms with Crippen LogP contribution in [0.2, 0.25) is 0 Å². The molecule has 1 N–H and O–H groups in total. The van der Waals surface area contributed by atoms with E-state index in [0.29, 0.717) is 46.8 Å². The Balaban J connectivity index is 1.68. The summed E-state index contributed by atoms with van der Waals surface area (Å²) < 4.78 is 0. The summed E-state index contributed by atoms with van der Waals surface area (Å²) in [5.74, 6) is 4.33. The quantitative estimate of drug-likeness (QED) is 0.642.